The van der Waals surface area contributed by atoms with Gasteiger partial charge >= 0.3 is 0 Å². The first-order valence-corrected chi connectivity index (χ1v) is 14.4. The van der Waals surface area contributed by atoms with Gasteiger partial charge in [-0.05, 0) is 48.0 Å². The summed E-state index contributed by atoms with van der Waals surface area (Å²) in [4.78, 5) is 1.47. The normalized spacial score (nSPS) is 18.4. The molecular weight excluding hydrogens is 498 g/mol. The molecule has 3 N–H and O–H groups in total. The SMILES string of the molecule is c1ccc(-c2cccc3c4ccccc4n(-c4ccc([NH+]5C(c6ccccc6)[NH2+]C5c5ccccc5)cc4)c23)cc1. The van der Waals surface area contributed by atoms with Gasteiger partial charge in [0.1, 0.15) is 5.69 Å². The van der Waals surface area contributed by atoms with Crippen molar-refractivity contribution in [2.24, 2.45) is 0 Å². The van der Waals surface area contributed by atoms with Crippen molar-refractivity contribution in [3.8, 4) is 16.8 Å². The third-order valence-corrected chi connectivity index (χ3v) is 8.61. The van der Waals surface area contributed by atoms with Gasteiger partial charge in [0, 0.05) is 34.2 Å². The number of rotatable bonds is 5. The first-order chi connectivity index (χ1) is 20.4. The number of hydrogen-bond acceptors (Lipinski definition) is 0. The highest BCUT2D eigenvalue weighted by Gasteiger charge is 2.50. The summed E-state index contributed by atoms with van der Waals surface area (Å²) in [6.07, 6.45) is 0.648. The fourth-order valence-electron chi connectivity index (χ4n) is 6.68. The molecule has 0 radical (unpaired) electrons. The predicted octanol–water partition coefficient (Wildman–Crippen LogP) is 6.94. The summed E-state index contributed by atoms with van der Waals surface area (Å²) >= 11 is 0. The highest BCUT2D eigenvalue weighted by Crippen LogP contribution is 2.38. The van der Waals surface area contributed by atoms with E-state index in [0.717, 1.165) is 0 Å². The van der Waals surface area contributed by atoms with Crippen LogP contribution in [-0.4, -0.2) is 4.57 Å². The lowest BCUT2D eigenvalue weighted by Gasteiger charge is -2.41. The standard InChI is InChI=1S/C38H29N3/c1-4-13-27(14-5-1)32-20-12-21-34-33-19-10-11-22-35(33)40(36(32)34)30-23-25-31(26-24-30)41-37(28-15-6-2-7-16-28)39-38(41)29-17-8-3-9-18-29/h1-26,37-39H/p+2. The minimum Gasteiger partial charge on any atom is -0.309 e. The summed E-state index contributed by atoms with van der Waals surface area (Å²) < 4.78 is 2.44. The van der Waals surface area contributed by atoms with Crippen LogP contribution in [0, 0.1) is 0 Å². The zero-order valence-electron chi connectivity index (χ0n) is 22.7. The number of nitrogens with zero attached hydrogens (tertiary/aromatic N) is 1. The fourth-order valence-corrected chi connectivity index (χ4v) is 6.68. The Morgan fingerprint density at radius 1 is 0.488 bits per heavy atom. The third kappa shape index (κ3) is 3.98. The van der Waals surface area contributed by atoms with Crippen molar-refractivity contribution in [1.82, 2.24) is 4.57 Å². The van der Waals surface area contributed by atoms with Gasteiger partial charge in [-0.25, -0.2) is 5.32 Å². The molecule has 0 amide bonds. The Bertz CT molecular complexity index is 1910. The van der Waals surface area contributed by atoms with Crippen LogP contribution in [0.15, 0.2) is 158 Å². The highest BCUT2D eigenvalue weighted by molar-refractivity contribution is 6.13. The second-order valence-corrected chi connectivity index (χ2v) is 10.9. The number of benzene rings is 6. The van der Waals surface area contributed by atoms with Gasteiger partial charge in [-0.15, -0.1) is 0 Å². The van der Waals surface area contributed by atoms with E-state index in [9.17, 15) is 0 Å². The molecule has 0 bridgehead atoms. The Kier molecular flexibility index (Phi) is 5.77. The molecule has 7 aromatic rings. The Morgan fingerprint density at radius 3 is 1.71 bits per heavy atom. The van der Waals surface area contributed by atoms with Crippen molar-refractivity contribution in [2.45, 2.75) is 12.3 Å². The van der Waals surface area contributed by atoms with Crippen molar-refractivity contribution < 1.29 is 10.2 Å². The van der Waals surface area contributed by atoms with Crippen molar-refractivity contribution in [1.29, 1.82) is 0 Å². The van der Waals surface area contributed by atoms with Gasteiger partial charge in [0.2, 0.25) is 0 Å². The topological polar surface area (TPSA) is 26.0 Å². The fraction of sp³-hybridized carbons (Fsp3) is 0.0526. The Balaban J connectivity index is 1.27. The van der Waals surface area contributed by atoms with Gasteiger partial charge < -0.3 is 4.57 Å². The van der Waals surface area contributed by atoms with Crippen LogP contribution in [0.2, 0.25) is 0 Å². The number of hydrogen-bond donors (Lipinski definition) is 2. The summed E-state index contributed by atoms with van der Waals surface area (Å²) in [6, 6.07) is 57.2. The van der Waals surface area contributed by atoms with Gasteiger partial charge in [0.25, 0.3) is 12.3 Å². The van der Waals surface area contributed by atoms with E-state index >= 15 is 0 Å². The third-order valence-electron chi connectivity index (χ3n) is 8.61. The summed E-state index contributed by atoms with van der Waals surface area (Å²) in [5.74, 6) is 0. The number of fused-ring (bicyclic) bond motifs is 3. The summed E-state index contributed by atoms with van der Waals surface area (Å²) in [6.45, 7) is 0. The zero-order valence-corrected chi connectivity index (χ0v) is 22.7. The highest BCUT2D eigenvalue weighted by atomic mass is 15.5. The maximum Gasteiger partial charge on any atom is 0.253 e. The van der Waals surface area contributed by atoms with Crippen LogP contribution in [0.4, 0.5) is 5.69 Å². The van der Waals surface area contributed by atoms with Gasteiger partial charge in [0.15, 0.2) is 0 Å². The maximum atomic E-state index is 2.49. The molecule has 3 heteroatoms. The van der Waals surface area contributed by atoms with Gasteiger partial charge in [-0.1, -0.05) is 103 Å². The number of aromatic nitrogens is 1. The molecule has 0 spiro atoms. The average molecular weight is 530 g/mol. The second kappa shape index (κ2) is 9.90. The van der Waals surface area contributed by atoms with Crippen molar-refractivity contribution in [2.75, 3.05) is 0 Å². The molecular formula is C38H31N3+2. The molecule has 2 atom stereocenters. The van der Waals surface area contributed by atoms with E-state index in [-0.39, 0.29) is 0 Å². The average Bonchev–Trinajstić information content (AvgIpc) is 3.37. The van der Waals surface area contributed by atoms with Crippen LogP contribution in [0.1, 0.15) is 23.5 Å². The molecule has 0 aliphatic carbocycles. The van der Waals surface area contributed by atoms with Crippen LogP contribution in [0.3, 0.4) is 0 Å². The Morgan fingerprint density at radius 2 is 1.05 bits per heavy atom. The van der Waals surface area contributed by atoms with E-state index in [0.29, 0.717) is 12.3 Å². The van der Waals surface area contributed by atoms with E-state index in [1.165, 1.54) is 60.3 Å². The maximum absolute atomic E-state index is 2.49. The molecule has 0 saturated carbocycles. The van der Waals surface area contributed by atoms with Crippen LogP contribution in [-0.2, 0) is 0 Å². The summed E-state index contributed by atoms with van der Waals surface area (Å²) in [5.41, 5.74) is 10.2. The van der Waals surface area contributed by atoms with Crippen molar-refractivity contribution >= 4 is 27.5 Å². The lowest BCUT2D eigenvalue weighted by molar-refractivity contribution is -1.22. The van der Waals surface area contributed by atoms with Gasteiger partial charge in [-0.2, -0.15) is 4.90 Å². The molecule has 1 aliphatic rings. The van der Waals surface area contributed by atoms with E-state index in [1.54, 1.807) is 0 Å². The second-order valence-electron chi connectivity index (χ2n) is 10.9. The quantitative estimate of drug-likeness (QED) is 0.242. The Labute approximate surface area is 239 Å². The smallest absolute Gasteiger partial charge is 0.253 e. The summed E-state index contributed by atoms with van der Waals surface area (Å²) in [7, 11) is 0. The molecule has 196 valence electrons. The number of nitrogens with one attached hydrogen (secondary N) is 1. The number of para-hydroxylation sites is 2. The number of nitrogens with two attached hydrogens (primary N) is 1. The van der Waals surface area contributed by atoms with E-state index in [2.05, 4.69) is 168 Å². The van der Waals surface area contributed by atoms with E-state index in [1.807, 2.05) is 0 Å². The molecule has 41 heavy (non-hydrogen) atoms. The van der Waals surface area contributed by atoms with Gasteiger partial charge in [0.05, 0.1) is 22.2 Å². The minimum atomic E-state index is 0.324. The molecule has 1 aliphatic heterocycles. The van der Waals surface area contributed by atoms with Gasteiger partial charge in [-0.3, -0.25) is 0 Å². The largest absolute Gasteiger partial charge is 0.309 e. The van der Waals surface area contributed by atoms with Crippen molar-refractivity contribution in [3.05, 3.63) is 169 Å². The Hall–Kier alpha value is -4.96. The molecule has 6 aromatic carbocycles. The predicted molar refractivity (Wildman–Crippen MR) is 167 cm³/mol. The monoisotopic (exact) mass is 529 g/mol. The van der Waals surface area contributed by atoms with Crippen LogP contribution >= 0.6 is 0 Å². The lowest BCUT2D eigenvalue weighted by atomic mass is 10.00. The molecule has 8 rings (SSSR count). The van der Waals surface area contributed by atoms with Crippen molar-refractivity contribution in [3.63, 3.8) is 0 Å². The molecule has 1 aromatic heterocycles. The summed E-state index contributed by atoms with van der Waals surface area (Å²) in [5, 5.41) is 5.05. The lowest BCUT2D eigenvalue weighted by Crippen LogP contribution is -3.37. The first kappa shape index (κ1) is 23.9. The molecule has 1 fully saturated rings. The molecule has 2 heterocycles. The zero-order chi connectivity index (χ0) is 27.2. The van der Waals surface area contributed by atoms with Crippen LogP contribution in [0.5, 0.6) is 0 Å². The van der Waals surface area contributed by atoms with Crippen LogP contribution < -0.4 is 10.2 Å². The van der Waals surface area contributed by atoms with Crippen LogP contribution in [0.25, 0.3) is 38.6 Å². The molecule has 2 unspecified atom stereocenters. The molecule has 1 saturated heterocycles. The molecule has 3 nitrogen and oxygen atoms in total. The first-order valence-electron chi connectivity index (χ1n) is 14.4. The minimum absolute atomic E-state index is 0.324. The van der Waals surface area contributed by atoms with E-state index in [4.69, 9.17) is 0 Å². The van der Waals surface area contributed by atoms with E-state index < -0.39 is 0 Å². The number of quaternary nitrogens is 2.